The van der Waals surface area contributed by atoms with Crippen LogP contribution in [0.25, 0.3) is 33.9 Å². The van der Waals surface area contributed by atoms with Gasteiger partial charge in [-0.1, -0.05) is 19.3 Å². The topological polar surface area (TPSA) is 118 Å². The van der Waals surface area contributed by atoms with Crippen LogP contribution in [0, 0.1) is 12.8 Å². The number of carbonyl (C=O) groups excluding carboxylic acids is 2. The van der Waals surface area contributed by atoms with Crippen LogP contribution in [0.3, 0.4) is 0 Å². The molecule has 0 radical (unpaired) electrons. The first-order valence-corrected chi connectivity index (χ1v) is 12.1. The van der Waals surface area contributed by atoms with Gasteiger partial charge >= 0.3 is 0 Å². The van der Waals surface area contributed by atoms with Crippen molar-refractivity contribution >= 4 is 22.8 Å². The second-order valence-corrected chi connectivity index (χ2v) is 9.24. The predicted molar refractivity (Wildman–Crippen MR) is 133 cm³/mol. The van der Waals surface area contributed by atoms with Gasteiger partial charge in [-0.25, -0.2) is 4.98 Å². The molecule has 9 heteroatoms. The number of benzene rings is 1. The first kappa shape index (κ1) is 22.9. The van der Waals surface area contributed by atoms with E-state index in [0.29, 0.717) is 5.76 Å². The summed E-state index contributed by atoms with van der Waals surface area (Å²) in [6.07, 6.45) is 5.21. The fourth-order valence-corrected chi connectivity index (χ4v) is 4.96. The normalized spacial score (nSPS) is 15.3. The number of nitrogens with zero attached hydrogens (tertiary/aromatic N) is 3. The highest BCUT2D eigenvalue weighted by atomic mass is 16.4. The van der Waals surface area contributed by atoms with Gasteiger partial charge in [-0.15, -0.1) is 0 Å². The van der Waals surface area contributed by atoms with Crippen molar-refractivity contribution in [3.8, 4) is 22.8 Å². The van der Waals surface area contributed by atoms with Crippen LogP contribution in [-0.2, 0) is 11.8 Å². The number of amides is 2. The van der Waals surface area contributed by atoms with E-state index in [0.717, 1.165) is 59.5 Å². The van der Waals surface area contributed by atoms with Crippen molar-refractivity contribution in [2.24, 2.45) is 13.0 Å². The van der Waals surface area contributed by atoms with Gasteiger partial charge in [0.2, 0.25) is 5.91 Å². The maximum absolute atomic E-state index is 13.0. The van der Waals surface area contributed by atoms with Gasteiger partial charge in [0.1, 0.15) is 17.5 Å². The van der Waals surface area contributed by atoms with Gasteiger partial charge in [-0.05, 0) is 62.1 Å². The Labute approximate surface area is 203 Å². The summed E-state index contributed by atoms with van der Waals surface area (Å²) in [7, 11) is 3.49. The molecule has 4 aromatic rings. The average molecular weight is 475 g/mol. The molecule has 2 amide bonds. The summed E-state index contributed by atoms with van der Waals surface area (Å²) in [5, 5.41) is 9.98. The molecule has 5 rings (SSSR count). The highest BCUT2D eigenvalue weighted by Gasteiger charge is 2.31. The zero-order chi connectivity index (χ0) is 24.5. The maximum Gasteiger partial charge on any atom is 0.287 e. The third-order valence-corrected chi connectivity index (χ3v) is 6.78. The predicted octanol–water partition coefficient (Wildman–Crippen LogP) is 3.96. The SMILES string of the molecule is CNC(=O)C(NC(=O)c1ccc(-c2ccc3nc(-c4cc(C)nn4C)[nH]c3c2)o1)C1CCCCC1. The lowest BCUT2D eigenvalue weighted by Gasteiger charge is -2.29. The fraction of sp³-hybridized carbons (Fsp3) is 0.385. The van der Waals surface area contributed by atoms with E-state index in [1.165, 1.54) is 6.42 Å². The summed E-state index contributed by atoms with van der Waals surface area (Å²) in [4.78, 5) is 33.5. The summed E-state index contributed by atoms with van der Waals surface area (Å²) in [5.74, 6) is 1.08. The number of fused-ring (bicyclic) bond motifs is 1. The van der Waals surface area contributed by atoms with E-state index in [1.54, 1.807) is 23.9 Å². The standard InChI is InChI=1S/C26H30N6O3/c1-15-13-20(32(3)31-15)24-28-18-10-9-17(14-19(18)29-24)21-11-12-22(35-21)25(33)30-23(26(34)27-2)16-7-5-4-6-8-16/h9-14,16,23H,4-8H2,1-3H3,(H,27,34)(H,28,29)(H,30,33). The molecular formula is C26H30N6O3. The molecule has 3 aromatic heterocycles. The second-order valence-electron chi connectivity index (χ2n) is 9.24. The van der Waals surface area contributed by atoms with E-state index in [9.17, 15) is 9.59 Å². The molecule has 0 bridgehead atoms. The van der Waals surface area contributed by atoms with Crippen molar-refractivity contribution in [3.05, 3.63) is 47.9 Å². The van der Waals surface area contributed by atoms with Crippen LogP contribution in [0.1, 0.15) is 48.4 Å². The molecule has 1 atom stereocenters. The molecule has 0 spiro atoms. The first-order chi connectivity index (χ1) is 16.9. The van der Waals surface area contributed by atoms with Gasteiger partial charge in [0.25, 0.3) is 5.91 Å². The van der Waals surface area contributed by atoms with Crippen molar-refractivity contribution in [3.63, 3.8) is 0 Å². The van der Waals surface area contributed by atoms with Crippen molar-refractivity contribution in [1.82, 2.24) is 30.4 Å². The van der Waals surface area contributed by atoms with Gasteiger partial charge < -0.3 is 20.0 Å². The number of hydrogen-bond donors (Lipinski definition) is 3. The van der Waals surface area contributed by atoms with Crippen LogP contribution in [-0.4, -0.2) is 44.7 Å². The average Bonchev–Trinajstić information content (AvgIpc) is 3.60. The lowest BCUT2D eigenvalue weighted by molar-refractivity contribution is -0.124. The summed E-state index contributed by atoms with van der Waals surface area (Å²) < 4.78 is 7.70. The van der Waals surface area contributed by atoms with Crippen LogP contribution in [0.15, 0.2) is 40.8 Å². The van der Waals surface area contributed by atoms with Gasteiger partial charge in [-0.2, -0.15) is 5.10 Å². The molecule has 1 fully saturated rings. The fourth-order valence-electron chi connectivity index (χ4n) is 4.96. The third-order valence-electron chi connectivity index (χ3n) is 6.78. The van der Waals surface area contributed by atoms with Crippen LogP contribution >= 0.6 is 0 Å². The van der Waals surface area contributed by atoms with Crippen molar-refractivity contribution < 1.29 is 14.0 Å². The molecule has 1 aromatic carbocycles. The highest BCUT2D eigenvalue weighted by Crippen LogP contribution is 2.29. The van der Waals surface area contributed by atoms with E-state index in [2.05, 4.69) is 25.7 Å². The Morgan fingerprint density at radius 1 is 1.14 bits per heavy atom. The van der Waals surface area contributed by atoms with Crippen LogP contribution in [0.2, 0.25) is 0 Å². The Morgan fingerprint density at radius 2 is 1.94 bits per heavy atom. The van der Waals surface area contributed by atoms with E-state index < -0.39 is 6.04 Å². The molecular weight excluding hydrogens is 444 g/mol. The van der Waals surface area contributed by atoms with Gasteiger partial charge in [0.05, 0.1) is 16.7 Å². The molecule has 3 heterocycles. The van der Waals surface area contributed by atoms with Crippen molar-refractivity contribution in [2.75, 3.05) is 7.05 Å². The number of hydrogen-bond acceptors (Lipinski definition) is 5. The lowest BCUT2D eigenvalue weighted by Crippen LogP contribution is -2.50. The minimum atomic E-state index is -0.559. The number of furan rings is 1. The van der Waals surface area contributed by atoms with Crippen molar-refractivity contribution in [1.29, 1.82) is 0 Å². The summed E-state index contributed by atoms with van der Waals surface area (Å²) in [5.41, 5.74) is 4.33. The quantitative estimate of drug-likeness (QED) is 0.391. The Kier molecular flexibility index (Phi) is 6.15. The highest BCUT2D eigenvalue weighted by molar-refractivity contribution is 5.96. The van der Waals surface area contributed by atoms with Crippen LogP contribution in [0.4, 0.5) is 0 Å². The number of aryl methyl sites for hydroxylation is 2. The van der Waals surface area contributed by atoms with E-state index in [4.69, 9.17) is 4.42 Å². The molecule has 1 aliphatic rings. The number of rotatable bonds is 6. The van der Waals surface area contributed by atoms with E-state index >= 15 is 0 Å². The number of likely N-dealkylation sites (N-methyl/N-ethyl adjacent to an activating group) is 1. The Balaban J connectivity index is 1.36. The van der Waals surface area contributed by atoms with Gasteiger partial charge in [0, 0.05) is 19.7 Å². The smallest absolute Gasteiger partial charge is 0.287 e. The number of carbonyl (C=O) groups is 2. The minimum absolute atomic E-state index is 0.141. The monoisotopic (exact) mass is 474 g/mol. The maximum atomic E-state index is 13.0. The number of H-pyrrole nitrogens is 1. The Bertz CT molecular complexity index is 1370. The zero-order valence-electron chi connectivity index (χ0n) is 20.2. The number of nitrogens with one attached hydrogen (secondary N) is 3. The van der Waals surface area contributed by atoms with Crippen molar-refractivity contribution in [2.45, 2.75) is 45.1 Å². The molecule has 182 valence electrons. The van der Waals surface area contributed by atoms with E-state index in [-0.39, 0.29) is 23.5 Å². The Morgan fingerprint density at radius 3 is 2.66 bits per heavy atom. The molecule has 35 heavy (non-hydrogen) atoms. The minimum Gasteiger partial charge on any atom is -0.451 e. The Hall–Kier alpha value is -3.88. The molecule has 1 unspecified atom stereocenters. The number of aromatic nitrogens is 4. The first-order valence-electron chi connectivity index (χ1n) is 12.1. The second kappa shape index (κ2) is 9.40. The number of imidazole rings is 1. The zero-order valence-corrected chi connectivity index (χ0v) is 20.2. The lowest BCUT2D eigenvalue weighted by atomic mass is 9.83. The molecule has 1 saturated carbocycles. The third kappa shape index (κ3) is 4.58. The molecule has 3 N–H and O–H groups in total. The summed E-state index contributed by atoms with van der Waals surface area (Å²) in [6, 6.07) is 10.6. The summed E-state index contributed by atoms with van der Waals surface area (Å²) >= 11 is 0. The van der Waals surface area contributed by atoms with Gasteiger partial charge in [0.15, 0.2) is 11.6 Å². The molecule has 1 aliphatic carbocycles. The molecule has 9 nitrogen and oxygen atoms in total. The molecule has 0 saturated heterocycles. The number of aromatic amines is 1. The van der Waals surface area contributed by atoms with Gasteiger partial charge in [-0.3, -0.25) is 14.3 Å². The molecule has 0 aliphatic heterocycles. The summed E-state index contributed by atoms with van der Waals surface area (Å²) in [6.45, 7) is 1.95. The van der Waals surface area contributed by atoms with Crippen LogP contribution < -0.4 is 10.6 Å². The van der Waals surface area contributed by atoms with Crippen LogP contribution in [0.5, 0.6) is 0 Å². The van der Waals surface area contributed by atoms with E-state index in [1.807, 2.05) is 38.2 Å². The largest absolute Gasteiger partial charge is 0.451 e.